The van der Waals surface area contributed by atoms with E-state index in [2.05, 4.69) is 4.90 Å². The maximum Gasteiger partial charge on any atom is 0.304 e. The van der Waals surface area contributed by atoms with Gasteiger partial charge in [-0.3, -0.25) is 15.0 Å². The van der Waals surface area contributed by atoms with E-state index < -0.39 is 16.4 Å². The van der Waals surface area contributed by atoms with Crippen molar-refractivity contribution in [3.8, 4) is 0 Å². The molecule has 0 aromatic heterocycles. The number of hydrogen-bond acceptors (Lipinski definition) is 3. The van der Waals surface area contributed by atoms with E-state index in [1.54, 1.807) is 6.07 Å². The molecule has 0 aliphatic carbocycles. The molecule has 18 heavy (non-hydrogen) atoms. The van der Waals surface area contributed by atoms with Crippen LogP contribution in [0.2, 0.25) is 0 Å². The van der Waals surface area contributed by atoms with Gasteiger partial charge in [0.2, 0.25) is 5.82 Å². The van der Waals surface area contributed by atoms with Crippen LogP contribution >= 0.6 is 0 Å². The molecule has 1 fully saturated rings. The molecule has 1 aromatic carbocycles. The predicted octanol–water partition coefficient (Wildman–Crippen LogP) is 3.11. The van der Waals surface area contributed by atoms with E-state index >= 15 is 0 Å². The van der Waals surface area contributed by atoms with E-state index in [1.807, 2.05) is 0 Å². The van der Waals surface area contributed by atoms with Crippen molar-refractivity contribution in [2.75, 3.05) is 13.1 Å². The van der Waals surface area contributed by atoms with Crippen molar-refractivity contribution in [1.29, 1.82) is 0 Å². The van der Waals surface area contributed by atoms with Crippen LogP contribution in [0.1, 0.15) is 31.2 Å². The number of hydrogen-bond donors (Lipinski definition) is 0. The summed E-state index contributed by atoms with van der Waals surface area (Å²) in [5.74, 6) is -0.743. The van der Waals surface area contributed by atoms with Crippen molar-refractivity contribution in [2.45, 2.75) is 32.2 Å². The summed E-state index contributed by atoms with van der Waals surface area (Å²) in [4.78, 5) is 12.1. The second-order valence-electron chi connectivity index (χ2n) is 4.73. The Morgan fingerprint density at radius 2 is 1.89 bits per heavy atom. The van der Waals surface area contributed by atoms with Crippen molar-refractivity contribution < 1.29 is 9.31 Å². The van der Waals surface area contributed by atoms with Crippen LogP contribution in [0.25, 0.3) is 0 Å². The lowest BCUT2D eigenvalue weighted by Crippen LogP contribution is -2.24. The highest BCUT2D eigenvalue weighted by atomic mass is 19.1. The summed E-state index contributed by atoms with van der Waals surface area (Å²) in [5.41, 5.74) is 0.356. The molecule has 0 spiro atoms. The lowest BCUT2D eigenvalue weighted by atomic mass is 10.2. The predicted molar refractivity (Wildman–Crippen MR) is 66.8 cm³/mol. The average molecular weight is 252 g/mol. The number of rotatable bonds is 3. The number of nitrogens with zero attached hydrogens (tertiary/aromatic N) is 2. The molecule has 1 heterocycles. The summed E-state index contributed by atoms with van der Waals surface area (Å²) in [6.45, 7) is 2.73. The molecule has 0 saturated carbocycles. The smallest absolute Gasteiger partial charge is 0.299 e. The Kier molecular flexibility index (Phi) is 4.25. The second kappa shape index (κ2) is 5.91. The van der Waals surface area contributed by atoms with Crippen molar-refractivity contribution in [1.82, 2.24) is 4.90 Å². The van der Waals surface area contributed by atoms with Crippen LogP contribution in [-0.4, -0.2) is 22.9 Å². The molecule has 98 valence electrons. The van der Waals surface area contributed by atoms with Gasteiger partial charge in [0.05, 0.1) is 4.92 Å². The van der Waals surface area contributed by atoms with Crippen molar-refractivity contribution in [3.63, 3.8) is 0 Å². The number of halogens is 1. The summed E-state index contributed by atoms with van der Waals surface area (Å²) < 4.78 is 13.5. The number of nitro benzene ring substituents is 1. The molecule has 1 aromatic rings. The Balaban J connectivity index is 2.05. The molecule has 4 nitrogen and oxygen atoms in total. The first kappa shape index (κ1) is 13.0. The average Bonchev–Trinajstić information content (AvgIpc) is 2.57. The highest BCUT2D eigenvalue weighted by molar-refractivity contribution is 5.34. The Labute approximate surface area is 106 Å². The largest absolute Gasteiger partial charge is 0.304 e. The van der Waals surface area contributed by atoms with Gasteiger partial charge in [0.25, 0.3) is 0 Å². The molecule has 1 saturated heterocycles. The Morgan fingerprint density at radius 3 is 2.44 bits per heavy atom. The summed E-state index contributed by atoms with van der Waals surface area (Å²) in [6.07, 6.45) is 4.86. The molecule has 2 rings (SSSR count). The molecule has 0 amide bonds. The highest BCUT2D eigenvalue weighted by Crippen LogP contribution is 2.20. The molecular weight excluding hydrogens is 235 g/mol. The molecular formula is C13H17FN2O2. The zero-order chi connectivity index (χ0) is 13.0. The normalized spacial score (nSPS) is 17.4. The molecule has 0 radical (unpaired) electrons. The first-order valence-electron chi connectivity index (χ1n) is 6.32. The molecule has 1 aliphatic rings. The van der Waals surface area contributed by atoms with E-state index in [1.165, 1.54) is 37.8 Å². The lowest BCUT2D eigenvalue weighted by molar-refractivity contribution is -0.387. The lowest BCUT2D eigenvalue weighted by Gasteiger charge is -2.19. The van der Waals surface area contributed by atoms with Gasteiger partial charge in [0.15, 0.2) is 0 Å². The van der Waals surface area contributed by atoms with Gasteiger partial charge in [0.1, 0.15) is 0 Å². The number of benzene rings is 1. The van der Waals surface area contributed by atoms with E-state index in [0.29, 0.717) is 6.54 Å². The van der Waals surface area contributed by atoms with Gasteiger partial charge >= 0.3 is 5.69 Å². The summed E-state index contributed by atoms with van der Waals surface area (Å²) in [5, 5.41) is 10.5. The first-order chi connectivity index (χ1) is 8.66. The summed E-state index contributed by atoms with van der Waals surface area (Å²) >= 11 is 0. The van der Waals surface area contributed by atoms with E-state index in [-0.39, 0.29) is 0 Å². The van der Waals surface area contributed by atoms with Crippen molar-refractivity contribution in [3.05, 3.63) is 39.7 Å². The van der Waals surface area contributed by atoms with Crippen LogP contribution in [0.3, 0.4) is 0 Å². The standard InChI is InChI=1S/C13H17FN2O2/c14-12-9-11(5-6-13(12)16(17)18)10-15-7-3-1-2-4-8-15/h5-6,9H,1-4,7-8,10H2. The van der Waals surface area contributed by atoms with Crippen LogP contribution in [0.5, 0.6) is 0 Å². The maximum absolute atomic E-state index is 13.5. The quantitative estimate of drug-likeness (QED) is 0.613. The third-order valence-corrected chi connectivity index (χ3v) is 3.31. The zero-order valence-corrected chi connectivity index (χ0v) is 10.3. The van der Waals surface area contributed by atoms with Crippen molar-refractivity contribution in [2.24, 2.45) is 0 Å². The van der Waals surface area contributed by atoms with Gasteiger partial charge in [-0.1, -0.05) is 18.9 Å². The maximum atomic E-state index is 13.5. The number of nitro groups is 1. The van der Waals surface area contributed by atoms with Crippen LogP contribution in [-0.2, 0) is 6.54 Å². The minimum atomic E-state index is -0.743. The highest BCUT2D eigenvalue weighted by Gasteiger charge is 2.15. The monoisotopic (exact) mass is 252 g/mol. The van der Waals surface area contributed by atoms with Gasteiger partial charge in [-0.05, 0) is 37.6 Å². The topological polar surface area (TPSA) is 46.4 Å². The third-order valence-electron chi connectivity index (χ3n) is 3.31. The second-order valence-corrected chi connectivity index (χ2v) is 4.73. The third kappa shape index (κ3) is 3.26. The fourth-order valence-corrected chi connectivity index (χ4v) is 2.35. The van der Waals surface area contributed by atoms with Gasteiger partial charge < -0.3 is 0 Å². The Bertz CT molecular complexity index is 429. The summed E-state index contributed by atoms with van der Waals surface area (Å²) in [7, 11) is 0. The van der Waals surface area contributed by atoms with Gasteiger partial charge in [-0.2, -0.15) is 4.39 Å². The minimum Gasteiger partial charge on any atom is -0.299 e. The Hall–Kier alpha value is -1.49. The van der Waals surface area contributed by atoms with E-state index in [0.717, 1.165) is 18.7 Å². The first-order valence-corrected chi connectivity index (χ1v) is 6.32. The Morgan fingerprint density at radius 1 is 1.22 bits per heavy atom. The summed E-state index contributed by atoms with van der Waals surface area (Å²) in [6, 6.07) is 4.18. The van der Waals surface area contributed by atoms with Crippen molar-refractivity contribution >= 4 is 5.69 Å². The molecule has 0 unspecified atom stereocenters. The van der Waals surface area contributed by atoms with Gasteiger partial charge in [-0.15, -0.1) is 0 Å². The van der Waals surface area contributed by atoms with E-state index in [9.17, 15) is 14.5 Å². The zero-order valence-electron chi connectivity index (χ0n) is 10.3. The SMILES string of the molecule is O=[N+]([O-])c1ccc(CN2CCCCCC2)cc1F. The van der Waals surface area contributed by atoms with Gasteiger partial charge in [-0.25, -0.2) is 0 Å². The molecule has 5 heteroatoms. The fourth-order valence-electron chi connectivity index (χ4n) is 2.35. The number of likely N-dealkylation sites (tertiary alicyclic amines) is 1. The molecule has 0 bridgehead atoms. The minimum absolute atomic E-state index is 0.449. The van der Waals surface area contributed by atoms with E-state index in [4.69, 9.17) is 0 Å². The molecule has 1 aliphatic heterocycles. The fraction of sp³-hybridized carbons (Fsp3) is 0.538. The van der Waals surface area contributed by atoms with Crippen LogP contribution < -0.4 is 0 Å². The van der Waals surface area contributed by atoms with Crippen LogP contribution in [0.4, 0.5) is 10.1 Å². The van der Waals surface area contributed by atoms with Crippen LogP contribution in [0.15, 0.2) is 18.2 Å². The molecule has 0 atom stereocenters. The van der Waals surface area contributed by atoms with Crippen LogP contribution in [0, 0.1) is 15.9 Å². The molecule has 0 N–H and O–H groups in total. The van der Waals surface area contributed by atoms with Gasteiger partial charge in [0, 0.05) is 12.6 Å².